The Hall–Kier alpha value is -1.35. The third-order valence-electron chi connectivity index (χ3n) is 2.28. The number of aliphatic imine (C=N–C) groups is 1. The maximum atomic E-state index is 11.5. The molecule has 4 heteroatoms. The minimum atomic E-state index is -0.683. The molecule has 1 N–H and O–H groups in total. The van der Waals surface area contributed by atoms with Crippen LogP contribution in [-0.4, -0.2) is 17.3 Å². The monoisotopic (exact) mass is 222 g/mol. The summed E-state index contributed by atoms with van der Waals surface area (Å²) in [6.45, 7) is 3.56. The second-order valence-electron chi connectivity index (χ2n) is 3.98. The van der Waals surface area contributed by atoms with Gasteiger partial charge in [-0.2, -0.15) is 0 Å². The van der Waals surface area contributed by atoms with Crippen LogP contribution >= 0.6 is 11.6 Å². The number of carbonyl (C=O) groups excluding carboxylic acids is 1. The lowest BCUT2D eigenvalue weighted by atomic mass is 10.1. The quantitative estimate of drug-likeness (QED) is 0.776. The average Bonchev–Trinajstić information content (AvgIpc) is 2.42. The van der Waals surface area contributed by atoms with E-state index < -0.39 is 5.54 Å². The average molecular weight is 223 g/mol. The molecular formula is C11H11ClN2O. The number of halogens is 1. The topological polar surface area (TPSA) is 41.5 Å². The summed E-state index contributed by atoms with van der Waals surface area (Å²) in [6.07, 6.45) is 0. The van der Waals surface area contributed by atoms with Crippen molar-refractivity contribution in [3.05, 3.63) is 34.9 Å². The van der Waals surface area contributed by atoms with Crippen LogP contribution in [0.15, 0.2) is 29.3 Å². The van der Waals surface area contributed by atoms with Crippen LogP contribution in [0.1, 0.15) is 19.4 Å². The first-order valence-corrected chi connectivity index (χ1v) is 5.04. The zero-order chi connectivity index (χ0) is 11.1. The van der Waals surface area contributed by atoms with E-state index in [0.717, 1.165) is 5.56 Å². The molecule has 0 aliphatic carbocycles. The van der Waals surface area contributed by atoms with Gasteiger partial charge in [-0.25, -0.2) is 0 Å². The number of nitrogens with one attached hydrogen (secondary N) is 1. The Morgan fingerprint density at radius 3 is 2.67 bits per heavy atom. The fourth-order valence-corrected chi connectivity index (χ4v) is 1.58. The van der Waals surface area contributed by atoms with Crippen LogP contribution in [0.5, 0.6) is 0 Å². The van der Waals surface area contributed by atoms with Crippen molar-refractivity contribution in [2.45, 2.75) is 19.4 Å². The Bertz CT molecular complexity index is 452. The molecule has 1 heterocycles. The van der Waals surface area contributed by atoms with Crippen molar-refractivity contribution in [1.82, 2.24) is 5.32 Å². The number of amides is 1. The second-order valence-corrected chi connectivity index (χ2v) is 4.42. The van der Waals surface area contributed by atoms with Crippen LogP contribution in [0.3, 0.4) is 0 Å². The molecule has 15 heavy (non-hydrogen) atoms. The molecule has 0 saturated carbocycles. The first-order valence-electron chi connectivity index (χ1n) is 4.66. The lowest BCUT2D eigenvalue weighted by molar-refractivity contribution is -0.122. The highest BCUT2D eigenvalue weighted by atomic mass is 35.5. The maximum absolute atomic E-state index is 11.5. The molecule has 1 amide bonds. The standard InChI is InChI=1S/C11H11ClN2O/c1-11(2)10(15)13-9(14-11)7-4-3-5-8(12)6-7/h3-6H,1-2H3,(H,13,14,15). The number of hydrogen-bond donors (Lipinski definition) is 1. The van der Waals surface area contributed by atoms with Gasteiger partial charge in [0, 0.05) is 10.6 Å². The van der Waals surface area contributed by atoms with Gasteiger partial charge in [0.15, 0.2) is 0 Å². The van der Waals surface area contributed by atoms with Gasteiger partial charge in [-0.15, -0.1) is 0 Å². The number of benzene rings is 1. The van der Waals surface area contributed by atoms with Crippen molar-refractivity contribution in [1.29, 1.82) is 0 Å². The summed E-state index contributed by atoms with van der Waals surface area (Å²) in [6, 6.07) is 7.26. The number of rotatable bonds is 1. The third-order valence-corrected chi connectivity index (χ3v) is 2.51. The van der Waals surface area contributed by atoms with E-state index in [1.165, 1.54) is 0 Å². The number of carbonyl (C=O) groups is 1. The number of amidine groups is 1. The van der Waals surface area contributed by atoms with Gasteiger partial charge in [0.05, 0.1) is 0 Å². The minimum Gasteiger partial charge on any atom is -0.308 e. The van der Waals surface area contributed by atoms with E-state index >= 15 is 0 Å². The second kappa shape index (κ2) is 3.35. The Morgan fingerprint density at radius 2 is 2.13 bits per heavy atom. The zero-order valence-electron chi connectivity index (χ0n) is 8.54. The highest BCUT2D eigenvalue weighted by molar-refractivity contribution is 6.31. The molecule has 1 aliphatic rings. The highest BCUT2D eigenvalue weighted by Crippen LogP contribution is 2.19. The smallest absolute Gasteiger partial charge is 0.252 e. The van der Waals surface area contributed by atoms with Crippen molar-refractivity contribution < 1.29 is 4.79 Å². The Balaban J connectivity index is 2.39. The summed E-state index contributed by atoms with van der Waals surface area (Å²) in [5.41, 5.74) is 0.152. The molecule has 0 saturated heterocycles. The molecule has 2 rings (SSSR count). The van der Waals surface area contributed by atoms with Crippen LogP contribution in [0.25, 0.3) is 0 Å². The van der Waals surface area contributed by atoms with Crippen LogP contribution in [0, 0.1) is 0 Å². The van der Waals surface area contributed by atoms with E-state index in [1.807, 2.05) is 12.1 Å². The minimum absolute atomic E-state index is 0.0857. The maximum Gasteiger partial charge on any atom is 0.252 e. The van der Waals surface area contributed by atoms with E-state index in [-0.39, 0.29) is 5.91 Å². The van der Waals surface area contributed by atoms with Crippen molar-refractivity contribution in [2.24, 2.45) is 4.99 Å². The SMILES string of the molecule is CC1(C)N=C(c2cccc(Cl)c2)NC1=O. The lowest BCUT2D eigenvalue weighted by Crippen LogP contribution is -2.34. The normalized spacial score (nSPS) is 18.6. The van der Waals surface area contributed by atoms with Crippen LogP contribution < -0.4 is 5.32 Å². The highest BCUT2D eigenvalue weighted by Gasteiger charge is 2.34. The van der Waals surface area contributed by atoms with Gasteiger partial charge in [0.25, 0.3) is 5.91 Å². The summed E-state index contributed by atoms with van der Waals surface area (Å²) in [5, 5.41) is 3.37. The fraction of sp³-hybridized carbons (Fsp3) is 0.273. The molecule has 0 bridgehead atoms. The zero-order valence-corrected chi connectivity index (χ0v) is 9.30. The van der Waals surface area contributed by atoms with Crippen LogP contribution in [0.2, 0.25) is 5.02 Å². The van der Waals surface area contributed by atoms with Crippen molar-refractivity contribution in [3.63, 3.8) is 0 Å². The molecule has 0 fully saturated rings. The van der Waals surface area contributed by atoms with E-state index in [4.69, 9.17) is 11.6 Å². The van der Waals surface area contributed by atoms with Gasteiger partial charge in [-0.3, -0.25) is 9.79 Å². The predicted octanol–water partition coefficient (Wildman–Crippen LogP) is 1.99. The van der Waals surface area contributed by atoms with E-state index in [2.05, 4.69) is 10.3 Å². The third kappa shape index (κ3) is 1.88. The van der Waals surface area contributed by atoms with Crippen molar-refractivity contribution in [2.75, 3.05) is 0 Å². The molecular weight excluding hydrogens is 212 g/mol. The molecule has 0 aromatic heterocycles. The Kier molecular flexibility index (Phi) is 2.27. The predicted molar refractivity (Wildman–Crippen MR) is 60.2 cm³/mol. The van der Waals surface area contributed by atoms with Gasteiger partial charge in [-0.1, -0.05) is 23.7 Å². The van der Waals surface area contributed by atoms with Gasteiger partial charge in [0.1, 0.15) is 11.4 Å². The van der Waals surface area contributed by atoms with Gasteiger partial charge < -0.3 is 5.32 Å². The molecule has 3 nitrogen and oxygen atoms in total. The van der Waals surface area contributed by atoms with E-state index in [9.17, 15) is 4.79 Å². The van der Waals surface area contributed by atoms with Gasteiger partial charge >= 0.3 is 0 Å². The Labute approximate surface area is 93.2 Å². The summed E-state index contributed by atoms with van der Waals surface area (Å²) in [7, 11) is 0. The fourth-order valence-electron chi connectivity index (χ4n) is 1.39. The first-order chi connectivity index (χ1) is 6.99. The molecule has 1 aromatic carbocycles. The van der Waals surface area contributed by atoms with Crippen molar-refractivity contribution >= 4 is 23.3 Å². The Morgan fingerprint density at radius 1 is 1.40 bits per heavy atom. The van der Waals surface area contributed by atoms with Crippen molar-refractivity contribution in [3.8, 4) is 0 Å². The molecule has 78 valence electrons. The molecule has 1 aliphatic heterocycles. The van der Waals surface area contributed by atoms with Crippen LogP contribution in [0.4, 0.5) is 0 Å². The largest absolute Gasteiger partial charge is 0.308 e. The first kappa shape index (κ1) is 10.2. The summed E-state index contributed by atoms with van der Waals surface area (Å²) >= 11 is 5.86. The lowest BCUT2D eigenvalue weighted by Gasteiger charge is -2.07. The molecule has 0 radical (unpaired) electrons. The van der Waals surface area contributed by atoms with Crippen LogP contribution in [-0.2, 0) is 4.79 Å². The van der Waals surface area contributed by atoms with Gasteiger partial charge in [-0.05, 0) is 26.0 Å². The van der Waals surface area contributed by atoms with E-state index in [0.29, 0.717) is 10.9 Å². The number of nitrogens with zero attached hydrogens (tertiary/aromatic N) is 1. The number of hydrogen-bond acceptors (Lipinski definition) is 2. The molecule has 0 spiro atoms. The van der Waals surface area contributed by atoms with Gasteiger partial charge in [0.2, 0.25) is 0 Å². The molecule has 0 atom stereocenters. The molecule has 0 unspecified atom stereocenters. The van der Waals surface area contributed by atoms with E-state index in [1.54, 1.807) is 26.0 Å². The summed E-state index contributed by atoms with van der Waals surface area (Å²) < 4.78 is 0. The summed E-state index contributed by atoms with van der Waals surface area (Å²) in [5.74, 6) is 0.505. The summed E-state index contributed by atoms with van der Waals surface area (Å²) in [4.78, 5) is 15.8. The molecule has 1 aromatic rings.